The van der Waals surface area contributed by atoms with E-state index in [9.17, 15) is 4.79 Å². The zero-order chi connectivity index (χ0) is 19.3. The highest BCUT2D eigenvalue weighted by Crippen LogP contribution is 2.26. The highest BCUT2D eigenvalue weighted by molar-refractivity contribution is 5.29. The van der Waals surface area contributed by atoms with Crippen LogP contribution in [0.1, 0.15) is 34.8 Å². The van der Waals surface area contributed by atoms with Gasteiger partial charge in [-0.25, -0.2) is 9.36 Å². The number of likely N-dealkylation sites (tertiary alicyclic amines) is 1. The van der Waals surface area contributed by atoms with Gasteiger partial charge in [0.25, 0.3) is 5.56 Å². The molecule has 0 spiro atoms. The quantitative estimate of drug-likeness (QED) is 0.724. The van der Waals surface area contributed by atoms with E-state index in [1.807, 2.05) is 19.9 Å². The van der Waals surface area contributed by atoms with Crippen LogP contribution in [0.5, 0.6) is 0 Å². The number of rotatable bonds is 5. The molecule has 1 saturated heterocycles. The highest BCUT2D eigenvalue weighted by atomic mass is 16.1. The molecule has 0 atom stereocenters. The number of nitrogens with zero attached hydrogens (tertiary/aromatic N) is 6. The fourth-order valence-corrected chi connectivity index (χ4v) is 4.44. The summed E-state index contributed by atoms with van der Waals surface area (Å²) in [5.74, 6) is 1.13. The monoisotopic (exact) mass is 379 g/mol. The lowest BCUT2D eigenvalue weighted by atomic mass is 9.99. The first-order chi connectivity index (χ1) is 13.6. The summed E-state index contributed by atoms with van der Waals surface area (Å²) >= 11 is 0. The van der Waals surface area contributed by atoms with Crippen molar-refractivity contribution in [3.8, 4) is 5.82 Å². The van der Waals surface area contributed by atoms with Crippen molar-refractivity contribution in [2.24, 2.45) is 5.92 Å². The first-order valence-electron chi connectivity index (χ1n) is 9.96. The van der Waals surface area contributed by atoms with E-state index in [1.165, 1.54) is 23.4 Å². The second-order valence-corrected chi connectivity index (χ2v) is 8.09. The van der Waals surface area contributed by atoms with E-state index in [4.69, 9.17) is 0 Å². The van der Waals surface area contributed by atoms with Crippen LogP contribution >= 0.6 is 0 Å². The maximum atomic E-state index is 12.3. The summed E-state index contributed by atoms with van der Waals surface area (Å²) in [5.41, 5.74) is 5.84. The highest BCUT2D eigenvalue weighted by Gasteiger charge is 2.29. The molecule has 5 rings (SSSR count). The van der Waals surface area contributed by atoms with Gasteiger partial charge < -0.3 is 0 Å². The van der Waals surface area contributed by atoms with Crippen LogP contribution in [-0.2, 0) is 25.9 Å². The number of aryl methyl sites for hydroxylation is 3. The number of H-pyrrole nitrogens is 1. The van der Waals surface area contributed by atoms with Gasteiger partial charge in [0, 0.05) is 43.0 Å². The summed E-state index contributed by atoms with van der Waals surface area (Å²) in [7, 11) is 0. The van der Waals surface area contributed by atoms with E-state index in [0.29, 0.717) is 18.3 Å². The van der Waals surface area contributed by atoms with Gasteiger partial charge in [-0.05, 0) is 50.8 Å². The van der Waals surface area contributed by atoms with E-state index in [0.717, 1.165) is 43.9 Å². The molecule has 0 bridgehead atoms. The average molecular weight is 379 g/mol. The third-order valence-corrected chi connectivity index (χ3v) is 5.81. The predicted octanol–water partition coefficient (Wildman–Crippen LogP) is 1.39. The molecule has 8 heteroatoms. The SMILES string of the molecule is Cc1cc(C)n(-c2ccc(=O)n(CC3CN(Cc4n[nH]c5c4CCC5)C3)n2)n1. The van der Waals surface area contributed by atoms with Gasteiger partial charge in [0.2, 0.25) is 0 Å². The van der Waals surface area contributed by atoms with Gasteiger partial charge in [0.1, 0.15) is 0 Å². The first kappa shape index (κ1) is 17.4. The molecule has 0 saturated carbocycles. The van der Waals surface area contributed by atoms with Crippen molar-refractivity contribution in [1.29, 1.82) is 0 Å². The van der Waals surface area contributed by atoms with Crippen LogP contribution in [0.4, 0.5) is 0 Å². The first-order valence-corrected chi connectivity index (χ1v) is 9.96. The fourth-order valence-electron chi connectivity index (χ4n) is 4.44. The Morgan fingerprint density at radius 3 is 2.82 bits per heavy atom. The third-order valence-electron chi connectivity index (χ3n) is 5.81. The second-order valence-electron chi connectivity index (χ2n) is 8.09. The van der Waals surface area contributed by atoms with Gasteiger partial charge in [-0.3, -0.25) is 14.8 Å². The summed E-state index contributed by atoms with van der Waals surface area (Å²) in [6, 6.07) is 5.33. The Morgan fingerprint density at radius 1 is 1.18 bits per heavy atom. The van der Waals surface area contributed by atoms with Crippen molar-refractivity contribution in [2.45, 2.75) is 46.2 Å². The molecule has 8 nitrogen and oxygen atoms in total. The Balaban J connectivity index is 1.24. The van der Waals surface area contributed by atoms with Gasteiger partial charge in [0.05, 0.1) is 17.9 Å². The molecular formula is C20H25N7O. The lowest BCUT2D eigenvalue weighted by Crippen LogP contribution is -2.49. The summed E-state index contributed by atoms with van der Waals surface area (Å²) < 4.78 is 3.37. The molecule has 1 aliphatic carbocycles. The summed E-state index contributed by atoms with van der Waals surface area (Å²) in [6.07, 6.45) is 3.52. The predicted molar refractivity (Wildman–Crippen MR) is 104 cm³/mol. The molecular weight excluding hydrogens is 354 g/mol. The van der Waals surface area contributed by atoms with Gasteiger partial charge in [-0.1, -0.05) is 0 Å². The Morgan fingerprint density at radius 2 is 2.04 bits per heavy atom. The number of fused-ring (bicyclic) bond motifs is 1. The van der Waals surface area contributed by atoms with Crippen molar-refractivity contribution in [3.05, 3.63) is 56.9 Å². The van der Waals surface area contributed by atoms with Gasteiger partial charge >= 0.3 is 0 Å². The number of aromatic amines is 1. The standard InChI is InChI=1S/C20H25N7O/c1-13-8-14(2)27(23-13)19-6-7-20(28)26(24-19)11-15-9-25(10-15)12-18-16-4-3-5-17(16)21-22-18/h6-8,15H,3-5,9-12H2,1-2H3,(H,21,22). The topological polar surface area (TPSA) is 84.6 Å². The molecule has 28 heavy (non-hydrogen) atoms. The van der Waals surface area contributed by atoms with Gasteiger partial charge in [0.15, 0.2) is 5.82 Å². The van der Waals surface area contributed by atoms with Crippen molar-refractivity contribution >= 4 is 0 Å². The minimum atomic E-state index is -0.0612. The van der Waals surface area contributed by atoms with Crippen LogP contribution in [-0.4, -0.2) is 47.7 Å². The molecule has 1 fully saturated rings. The molecule has 146 valence electrons. The summed E-state index contributed by atoms with van der Waals surface area (Å²) in [6.45, 7) is 7.43. The molecule has 0 radical (unpaired) electrons. The van der Waals surface area contributed by atoms with E-state index in [2.05, 4.69) is 25.3 Å². The molecule has 2 aliphatic rings. The maximum Gasteiger partial charge on any atom is 0.266 e. The number of aromatic nitrogens is 6. The smallest absolute Gasteiger partial charge is 0.266 e. The average Bonchev–Trinajstić information content (AvgIpc) is 3.32. The minimum Gasteiger partial charge on any atom is -0.297 e. The number of hydrogen-bond acceptors (Lipinski definition) is 5. The molecule has 3 aromatic rings. The fraction of sp³-hybridized carbons (Fsp3) is 0.500. The molecule has 0 amide bonds. The Kier molecular flexibility index (Phi) is 4.16. The molecule has 1 aliphatic heterocycles. The van der Waals surface area contributed by atoms with Crippen molar-refractivity contribution < 1.29 is 0 Å². The Hall–Kier alpha value is -2.74. The van der Waals surface area contributed by atoms with Crippen molar-refractivity contribution in [3.63, 3.8) is 0 Å². The van der Waals surface area contributed by atoms with Crippen LogP contribution in [0.3, 0.4) is 0 Å². The lowest BCUT2D eigenvalue weighted by Gasteiger charge is -2.39. The van der Waals surface area contributed by atoms with Crippen LogP contribution < -0.4 is 5.56 Å². The zero-order valence-corrected chi connectivity index (χ0v) is 16.4. The van der Waals surface area contributed by atoms with Gasteiger partial charge in [-0.2, -0.15) is 10.2 Å². The van der Waals surface area contributed by atoms with Gasteiger partial charge in [-0.15, -0.1) is 5.10 Å². The van der Waals surface area contributed by atoms with E-state index >= 15 is 0 Å². The number of nitrogens with one attached hydrogen (secondary N) is 1. The summed E-state index contributed by atoms with van der Waals surface area (Å²) in [5, 5.41) is 16.7. The summed E-state index contributed by atoms with van der Waals surface area (Å²) in [4.78, 5) is 14.7. The minimum absolute atomic E-state index is 0.0612. The van der Waals surface area contributed by atoms with Crippen LogP contribution in [0, 0.1) is 19.8 Å². The van der Waals surface area contributed by atoms with E-state index < -0.39 is 0 Å². The van der Waals surface area contributed by atoms with Crippen LogP contribution in [0.2, 0.25) is 0 Å². The molecule has 1 N–H and O–H groups in total. The third kappa shape index (κ3) is 3.07. The lowest BCUT2D eigenvalue weighted by molar-refractivity contribution is 0.0751. The number of hydrogen-bond donors (Lipinski definition) is 1. The molecule has 3 aromatic heterocycles. The largest absolute Gasteiger partial charge is 0.297 e. The van der Waals surface area contributed by atoms with Crippen molar-refractivity contribution in [1.82, 2.24) is 34.7 Å². The molecule has 0 aromatic carbocycles. The van der Waals surface area contributed by atoms with Crippen molar-refractivity contribution in [2.75, 3.05) is 13.1 Å². The van der Waals surface area contributed by atoms with E-state index in [1.54, 1.807) is 21.5 Å². The maximum absolute atomic E-state index is 12.3. The second kappa shape index (κ2) is 6.70. The molecule has 0 unspecified atom stereocenters. The normalized spacial score (nSPS) is 17.1. The van der Waals surface area contributed by atoms with Crippen LogP contribution in [0.15, 0.2) is 23.0 Å². The zero-order valence-electron chi connectivity index (χ0n) is 16.4. The Bertz CT molecular complexity index is 1070. The van der Waals surface area contributed by atoms with Crippen LogP contribution in [0.25, 0.3) is 5.82 Å². The molecule has 4 heterocycles. The Labute approximate surface area is 163 Å². The van der Waals surface area contributed by atoms with E-state index in [-0.39, 0.29) is 5.56 Å².